The van der Waals surface area contributed by atoms with E-state index in [0.29, 0.717) is 0 Å². The van der Waals surface area contributed by atoms with E-state index < -0.39 is 0 Å². The van der Waals surface area contributed by atoms with Crippen molar-refractivity contribution in [3.05, 3.63) is 0 Å². The first-order valence-corrected chi connectivity index (χ1v) is 3.86. The molecule has 1 aliphatic heterocycles. The SMILES string of the molecule is Br.Br.CCCN1CCNCC1. The zero-order chi connectivity index (χ0) is 6.53. The van der Waals surface area contributed by atoms with Gasteiger partial charge in [0.1, 0.15) is 0 Å². The van der Waals surface area contributed by atoms with Crippen LogP contribution < -0.4 is 5.32 Å². The second kappa shape index (κ2) is 8.97. The van der Waals surface area contributed by atoms with Crippen molar-refractivity contribution in [3.8, 4) is 0 Å². The van der Waals surface area contributed by atoms with Crippen LogP contribution in [0.15, 0.2) is 0 Å². The Balaban J connectivity index is 0. The van der Waals surface area contributed by atoms with Gasteiger partial charge in [-0.05, 0) is 13.0 Å². The standard InChI is InChI=1S/C7H16N2.2BrH/c1-2-5-9-6-3-8-4-7-9;;/h8H,2-7H2,1H3;2*1H. The van der Waals surface area contributed by atoms with Gasteiger partial charge in [-0.2, -0.15) is 0 Å². The van der Waals surface area contributed by atoms with Crippen LogP contribution in [0.4, 0.5) is 0 Å². The van der Waals surface area contributed by atoms with E-state index in [0.717, 1.165) is 0 Å². The Hall–Kier alpha value is 0.880. The summed E-state index contributed by atoms with van der Waals surface area (Å²) in [7, 11) is 0. The molecule has 0 aromatic rings. The minimum Gasteiger partial charge on any atom is -0.314 e. The van der Waals surface area contributed by atoms with Gasteiger partial charge in [0, 0.05) is 26.2 Å². The van der Waals surface area contributed by atoms with E-state index in [1.165, 1.54) is 39.1 Å². The molecule has 0 aromatic carbocycles. The molecule has 2 nitrogen and oxygen atoms in total. The third-order valence-electron chi connectivity index (χ3n) is 1.75. The lowest BCUT2D eigenvalue weighted by Gasteiger charge is -2.26. The summed E-state index contributed by atoms with van der Waals surface area (Å²) in [5.74, 6) is 0. The quantitative estimate of drug-likeness (QED) is 0.828. The number of piperazine rings is 1. The average molecular weight is 290 g/mol. The van der Waals surface area contributed by atoms with Crippen molar-refractivity contribution in [2.75, 3.05) is 32.7 Å². The fraction of sp³-hybridized carbons (Fsp3) is 1.00. The van der Waals surface area contributed by atoms with E-state index in [-0.39, 0.29) is 34.0 Å². The molecular formula is C7H18Br2N2. The summed E-state index contributed by atoms with van der Waals surface area (Å²) in [6, 6.07) is 0. The third-order valence-corrected chi connectivity index (χ3v) is 1.75. The van der Waals surface area contributed by atoms with Crippen molar-refractivity contribution < 1.29 is 0 Å². The summed E-state index contributed by atoms with van der Waals surface area (Å²) >= 11 is 0. The van der Waals surface area contributed by atoms with Crippen LogP contribution in [-0.2, 0) is 0 Å². The molecule has 0 aromatic heterocycles. The fourth-order valence-electron chi connectivity index (χ4n) is 1.25. The summed E-state index contributed by atoms with van der Waals surface area (Å²) in [6.45, 7) is 8.37. The molecule has 11 heavy (non-hydrogen) atoms. The maximum atomic E-state index is 3.33. The Bertz CT molecular complexity index is 72.1. The van der Waals surface area contributed by atoms with Crippen LogP contribution in [0, 0.1) is 0 Å². The third kappa shape index (κ3) is 6.08. The highest BCUT2D eigenvalue weighted by Gasteiger charge is 2.06. The van der Waals surface area contributed by atoms with Gasteiger partial charge >= 0.3 is 0 Å². The molecule has 1 fully saturated rings. The first-order chi connectivity index (χ1) is 4.43. The Morgan fingerprint density at radius 1 is 1.18 bits per heavy atom. The minimum absolute atomic E-state index is 0. The van der Waals surface area contributed by atoms with Crippen LogP contribution in [0.2, 0.25) is 0 Å². The molecule has 1 rings (SSSR count). The molecule has 70 valence electrons. The highest BCUT2D eigenvalue weighted by Crippen LogP contribution is 1.92. The zero-order valence-corrected chi connectivity index (χ0v) is 10.4. The normalized spacial score (nSPS) is 18.3. The van der Waals surface area contributed by atoms with Crippen LogP contribution in [0.25, 0.3) is 0 Å². The van der Waals surface area contributed by atoms with E-state index in [1.807, 2.05) is 0 Å². The summed E-state index contributed by atoms with van der Waals surface area (Å²) in [4.78, 5) is 2.51. The highest BCUT2D eigenvalue weighted by atomic mass is 79.9. The molecule has 1 heterocycles. The van der Waals surface area contributed by atoms with Gasteiger partial charge in [-0.3, -0.25) is 0 Å². The minimum atomic E-state index is 0. The molecule has 1 N–H and O–H groups in total. The summed E-state index contributed by atoms with van der Waals surface area (Å²) in [5, 5.41) is 3.33. The Labute approximate surface area is 90.3 Å². The number of halogens is 2. The van der Waals surface area contributed by atoms with Gasteiger partial charge < -0.3 is 10.2 Å². The Morgan fingerprint density at radius 2 is 1.73 bits per heavy atom. The first-order valence-electron chi connectivity index (χ1n) is 3.86. The van der Waals surface area contributed by atoms with Gasteiger partial charge in [-0.1, -0.05) is 6.92 Å². The monoisotopic (exact) mass is 288 g/mol. The molecular weight excluding hydrogens is 272 g/mol. The van der Waals surface area contributed by atoms with Gasteiger partial charge in [-0.15, -0.1) is 34.0 Å². The second-order valence-corrected chi connectivity index (χ2v) is 2.59. The van der Waals surface area contributed by atoms with E-state index in [1.54, 1.807) is 0 Å². The van der Waals surface area contributed by atoms with Gasteiger partial charge in [0.15, 0.2) is 0 Å². The van der Waals surface area contributed by atoms with E-state index >= 15 is 0 Å². The van der Waals surface area contributed by atoms with Crippen molar-refractivity contribution in [2.24, 2.45) is 0 Å². The number of nitrogens with zero attached hydrogens (tertiary/aromatic N) is 1. The number of hydrogen-bond donors (Lipinski definition) is 1. The van der Waals surface area contributed by atoms with Gasteiger partial charge in [0.25, 0.3) is 0 Å². The summed E-state index contributed by atoms with van der Waals surface area (Å²) < 4.78 is 0. The van der Waals surface area contributed by atoms with Crippen molar-refractivity contribution in [3.63, 3.8) is 0 Å². The lowest BCUT2D eigenvalue weighted by atomic mass is 10.3. The molecule has 0 aliphatic carbocycles. The van der Waals surface area contributed by atoms with Crippen molar-refractivity contribution in [1.29, 1.82) is 0 Å². The number of hydrogen-bond acceptors (Lipinski definition) is 2. The Morgan fingerprint density at radius 3 is 2.18 bits per heavy atom. The summed E-state index contributed by atoms with van der Waals surface area (Å²) in [5.41, 5.74) is 0. The molecule has 4 heteroatoms. The van der Waals surface area contributed by atoms with Crippen LogP contribution in [0.5, 0.6) is 0 Å². The highest BCUT2D eigenvalue weighted by molar-refractivity contribution is 8.93. The fourth-order valence-corrected chi connectivity index (χ4v) is 1.25. The first kappa shape index (κ1) is 14.4. The van der Waals surface area contributed by atoms with Gasteiger partial charge in [-0.25, -0.2) is 0 Å². The second-order valence-electron chi connectivity index (χ2n) is 2.59. The van der Waals surface area contributed by atoms with Crippen LogP contribution in [0.1, 0.15) is 13.3 Å². The molecule has 0 radical (unpaired) electrons. The predicted molar refractivity (Wildman–Crippen MR) is 60.2 cm³/mol. The lowest BCUT2D eigenvalue weighted by Crippen LogP contribution is -2.43. The smallest absolute Gasteiger partial charge is 0.0107 e. The molecule has 0 saturated carbocycles. The number of nitrogens with one attached hydrogen (secondary N) is 1. The zero-order valence-electron chi connectivity index (χ0n) is 7.01. The van der Waals surface area contributed by atoms with E-state index in [9.17, 15) is 0 Å². The Kier molecular flexibility index (Phi) is 11.8. The maximum Gasteiger partial charge on any atom is 0.0107 e. The molecule has 0 unspecified atom stereocenters. The van der Waals surface area contributed by atoms with Crippen LogP contribution in [-0.4, -0.2) is 37.6 Å². The van der Waals surface area contributed by atoms with E-state index in [4.69, 9.17) is 0 Å². The predicted octanol–water partition coefficient (Wildman–Crippen LogP) is 1.46. The molecule has 0 atom stereocenters. The number of rotatable bonds is 2. The van der Waals surface area contributed by atoms with Crippen LogP contribution >= 0.6 is 34.0 Å². The molecule has 1 saturated heterocycles. The maximum absolute atomic E-state index is 3.33. The average Bonchev–Trinajstić information content (AvgIpc) is 1.91. The van der Waals surface area contributed by atoms with Gasteiger partial charge in [0.05, 0.1) is 0 Å². The topological polar surface area (TPSA) is 15.3 Å². The molecule has 0 spiro atoms. The van der Waals surface area contributed by atoms with Gasteiger partial charge in [0.2, 0.25) is 0 Å². The van der Waals surface area contributed by atoms with E-state index in [2.05, 4.69) is 17.1 Å². The largest absolute Gasteiger partial charge is 0.314 e. The summed E-state index contributed by atoms with van der Waals surface area (Å²) in [6.07, 6.45) is 1.29. The molecule has 0 amide bonds. The van der Waals surface area contributed by atoms with Crippen LogP contribution in [0.3, 0.4) is 0 Å². The van der Waals surface area contributed by atoms with Crippen molar-refractivity contribution >= 4 is 34.0 Å². The molecule has 0 bridgehead atoms. The molecule has 1 aliphatic rings. The van der Waals surface area contributed by atoms with Crippen molar-refractivity contribution in [1.82, 2.24) is 10.2 Å². The van der Waals surface area contributed by atoms with Crippen molar-refractivity contribution in [2.45, 2.75) is 13.3 Å². The lowest BCUT2D eigenvalue weighted by molar-refractivity contribution is 0.241.